The number of H-pyrrole nitrogens is 1. The number of hydrogen-bond acceptors (Lipinski definition) is 5. The Morgan fingerprint density at radius 1 is 1.33 bits per heavy atom. The van der Waals surface area contributed by atoms with Gasteiger partial charge < -0.3 is 5.32 Å². The van der Waals surface area contributed by atoms with Crippen LogP contribution < -0.4 is 5.32 Å². The van der Waals surface area contributed by atoms with E-state index >= 15 is 0 Å². The molecule has 0 spiro atoms. The van der Waals surface area contributed by atoms with E-state index in [0.717, 1.165) is 21.9 Å². The van der Waals surface area contributed by atoms with Crippen LogP contribution in [0.1, 0.15) is 11.1 Å². The lowest BCUT2D eigenvalue weighted by atomic mass is 10.2. The second-order valence-electron chi connectivity index (χ2n) is 4.99. The number of carbonyl (C=O) groups excluding carboxylic acids is 1. The fraction of sp³-hybridized carbons (Fsp3) is 0.118. The van der Waals surface area contributed by atoms with Crippen molar-refractivity contribution in [3.05, 3.63) is 59.0 Å². The predicted octanol–water partition coefficient (Wildman–Crippen LogP) is 3.88. The van der Waals surface area contributed by atoms with Crippen molar-refractivity contribution in [1.29, 1.82) is 5.26 Å². The molecule has 0 aliphatic rings. The average Bonchev–Trinajstić information content (AvgIpc) is 3.27. The first kappa shape index (κ1) is 16.3. The molecule has 3 rings (SSSR count). The van der Waals surface area contributed by atoms with E-state index < -0.39 is 0 Å². The van der Waals surface area contributed by atoms with Crippen LogP contribution >= 0.6 is 23.1 Å². The number of rotatable bonds is 6. The molecular formula is C17H14N4OS2. The monoisotopic (exact) mass is 354 g/mol. The molecule has 0 fully saturated rings. The Hall–Kier alpha value is -2.56. The van der Waals surface area contributed by atoms with Gasteiger partial charge in [-0.05, 0) is 29.1 Å². The van der Waals surface area contributed by atoms with Crippen LogP contribution in [0.25, 0.3) is 10.6 Å². The molecule has 0 bridgehead atoms. The van der Waals surface area contributed by atoms with Crippen molar-refractivity contribution in [2.75, 3.05) is 11.1 Å². The largest absolute Gasteiger partial charge is 0.308 e. The summed E-state index contributed by atoms with van der Waals surface area (Å²) < 4.78 is 0. The first-order chi connectivity index (χ1) is 11.7. The van der Waals surface area contributed by atoms with Gasteiger partial charge in [-0.25, -0.2) is 0 Å². The quantitative estimate of drug-likeness (QED) is 0.704. The lowest BCUT2D eigenvalue weighted by molar-refractivity contribution is -0.113. The molecule has 1 amide bonds. The van der Waals surface area contributed by atoms with E-state index in [1.807, 2.05) is 35.7 Å². The van der Waals surface area contributed by atoms with Crippen LogP contribution in [0.15, 0.2) is 47.8 Å². The van der Waals surface area contributed by atoms with Gasteiger partial charge in [0.05, 0.1) is 28.0 Å². The van der Waals surface area contributed by atoms with Crippen molar-refractivity contribution in [1.82, 2.24) is 10.2 Å². The van der Waals surface area contributed by atoms with Crippen molar-refractivity contribution < 1.29 is 4.79 Å². The predicted molar refractivity (Wildman–Crippen MR) is 97.8 cm³/mol. The van der Waals surface area contributed by atoms with Crippen LogP contribution in [0.4, 0.5) is 5.82 Å². The number of nitrogens with zero attached hydrogens (tertiary/aromatic N) is 2. The zero-order valence-corrected chi connectivity index (χ0v) is 14.3. The van der Waals surface area contributed by atoms with Gasteiger partial charge in [-0.1, -0.05) is 18.2 Å². The lowest BCUT2D eigenvalue weighted by Crippen LogP contribution is -2.14. The first-order valence-electron chi connectivity index (χ1n) is 7.20. The van der Waals surface area contributed by atoms with Crippen LogP contribution in [-0.4, -0.2) is 21.9 Å². The highest BCUT2D eigenvalue weighted by atomic mass is 32.2. The van der Waals surface area contributed by atoms with Gasteiger partial charge in [0.25, 0.3) is 0 Å². The maximum atomic E-state index is 12.0. The summed E-state index contributed by atoms with van der Waals surface area (Å²) >= 11 is 3.13. The smallest absolute Gasteiger partial charge is 0.235 e. The molecule has 5 nitrogen and oxygen atoms in total. The molecule has 0 saturated carbocycles. The number of anilines is 1. The van der Waals surface area contributed by atoms with Crippen LogP contribution in [0.3, 0.4) is 0 Å². The van der Waals surface area contributed by atoms with Gasteiger partial charge in [-0.2, -0.15) is 10.4 Å². The number of nitriles is 1. The molecule has 0 atom stereocenters. The van der Waals surface area contributed by atoms with Gasteiger partial charge in [0.15, 0.2) is 5.82 Å². The molecule has 0 aliphatic carbocycles. The van der Waals surface area contributed by atoms with Crippen LogP contribution in [0, 0.1) is 11.3 Å². The summed E-state index contributed by atoms with van der Waals surface area (Å²) in [6, 6.07) is 15.3. The van der Waals surface area contributed by atoms with Gasteiger partial charge in [0.2, 0.25) is 5.91 Å². The van der Waals surface area contributed by atoms with E-state index in [2.05, 4.69) is 21.6 Å². The minimum absolute atomic E-state index is 0.0853. The maximum Gasteiger partial charge on any atom is 0.235 e. The van der Waals surface area contributed by atoms with Gasteiger partial charge in [-0.15, -0.1) is 23.1 Å². The lowest BCUT2D eigenvalue weighted by Gasteiger charge is -2.02. The summed E-state index contributed by atoms with van der Waals surface area (Å²) in [6.07, 6.45) is 0. The highest BCUT2D eigenvalue weighted by Gasteiger charge is 2.08. The number of aromatic amines is 1. The molecular weight excluding hydrogens is 340 g/mol. The third kappa shape index (κ3) is 4.25. The number of aromatic nitrogens is 2. The number of carbonyl (C=O) groups is 1. The van der Waals surface area contributed by atoms with E-state index in [9.17, 15) is 4.79 Å². The second kappa shape index (κ2) is 7.81. The molecule has 2 aromatic heterocycles. The number of thioether (sulfide) groups is 1. The van der Waals surface area contributed by atoms with Crippen molar-refractivity contribution in [2.45, 2.75) is 5.75 Å². The zero-order chi connectivity index (χ0) is 16.8. The summed E-state index contributed by atoms with van der Waals surface area (Å²) in [7, 11) is 0. The molecule has 0 aliphatic heterocycles. The van der Waals surface area contributed by atoms with E-state index in [4.69, 9.17) is 5.26 Å². The molecule has 1 aromatic carbocycles. The Balaban J connectivity index is 1.46. The van der Waals surface area contributed by atoms with Crippen LogP contribution in [-0.2, 0) is 10.5 Å². The molecule has 0 saturated heterocycles. The molecule has 2 heterocycles. The van der Waals surface area contributed by atoms with Crippen molar-refractivity contribution >= 4 is 34.8 Å². The summed E-state index contributed by atoms with van der Waals surface area (Å²) in [5.74, 6) is 1.52. The molecule has 3 aromatic rings. The second-order valence-corrected chi connectivity index (χ2v) is 6.93. The summed E-state index contributed by atoms with van der Waals surface area (Å²) in [4.78, 5) is 13.1. The Bertz CT molecular complexity index is 848. The Morgan fingerprint density at radius 3 is 2.88 bits per heavy atom. The van der Waals surface area contributed by atoms with Gasteiger partial charge in [0.1, 0.15) is 0 Å². The van der Waals surface area contributed by atoms with Crippen molar-refractivity contribution in [3.8, 4) is 16.6 Å². The topological polar surface area (TPSA) is 81.6 Å². The highest BCUT2D eigenvalue weighted by molar-refractivity contribution is 7.99. The number of nitrogens with one attached hydrogen (secondary N) is 2. The zero-order valence-electron chi connectivity index (χ0n) is 12.7. The third-order valence-corrected chi connectivity index (χ3v) is 5.12. The fourth-order valence-electron chi connectivity index (χ4n) is 2.06. The average molecular weight is 354 g/mol. The number of thiophene rings is 1. The van der Waals surface area contributed by atoms with E-state index in [-0.39, 0.29) is 5.91 Å². The standard InChI is InChI=1S/C17H14N4OS2/c18-9-12-3-5-13(6-4-12)10-23-11-17(22)19-16-8-14(20-21-16)15-2-1-7-24-15/h1-8H,10-11H2,(H2,19,20,21,22). The van der Waals surface area contributed by atoms with Gasteiger partial charge in [0, 0.05) is 11.8 Å². The Kier molecular flexibility index (Phi) is 5.31. The first-order valence-corrected chi connectivity index (χ1v) is 9.24. The van der Waals surface area contributed by atoms with Crippen LogP contribution in [0.2, 0.25) is 0 Å². The van der Waals surface area contributed by atoms with Gasteiger partial charge >= 0.3 is 0 Å². The van der Waals surface area contributed by atoms with Gasteiger partial charge in [-0.3, -0.25) is 9.89 Å². The minimum Gasteiger partial charge on any atom is -0.308 e. The molecule has 120 valence electrons. The normalized spacial score (nSPS) is 10.3. The molecule has 2 N–H and O–H groups in total. The summed E-state index contributed by atoms with van der Waals surface area (Å²) in [5, 5.41) is 20.6. The third-order valence-electron chi connectivity index (χ3n) is 3.22. The van der Waals surface area contributed by atoms with E-state index in [0.29, 0.717) is 17.1 Å². The number of amides is 1. The number of benzene rings is 1. The molecule has 0 unspecified atom stereocenters. The van der Waals surface area contributed by atoms with E-state index in [1.54, 1.807) is 23.5 Å². The minimum atomic E-state index is -0.0853. The summed E-state index contributed by atoms with van der Waals surface area (Å²) in [5.41, 5.74) is 2.62. The molecule has 24 heavy (non-hydrogen) atoms. The Morgan fingerprint density at radius 2 is 2.17 bits per heavy atom. The maximum absolute atomic E-state index is 12.0. The van der Waals surface area contributed by atoms with E-state index in [1.165, 1.54) is 11.8 Å². The fourth-order valence-corrected chi connectivity index (χ4v) is 3.54. The van der Waals surface area contributed by atoms with Crippen molar-refractivity contribution in [3.63, 3.8) is 0 Å². The highest BCUT2D eigenvalue weighted by Crippen LogP contribution is 2.24. The van der Waals surface area contributed by atoms with Crippen LogP contribution in [0.5, 0.6) is 0 Å². The Labute approximate surface area is 147 Å². The molecule has 7 heteroatoms. The number of hydrogen-bond donors (Lipinski definition) is 2. The SMILES string of the molecule is N#Cc1ccc(CSCC(=O)Nc2cc(-c3cccs3)[nH]n2)cc1. The molecule has 0 radical (unpaired) electrons. The van der Waals surface area contributed by atoms with Crippen molar-refractivity contribution in [2.24, 2.45) is 0 Å². The summed E-state index contributed by atoms with van der Waals surface area (Å²) in [6.45, 7) is 0.